The molecule has 0 heterocycles. The quantitative estimate of drug-likeness (QED) is 0.396. The number of phenols is 1. The normalized spacial score (nSPS) is 19.0. The van der Waals surface area contributed by atoms with E-state index in [-0.39, 0.29) is 35.4 Å². The molecule has 8 heteroatoms. The van der Waals surface area contributed by atoms with Gasteiger partial charge in [-0.25, -0.2) is 4.79 Å². The van der Waals surface area contributed by atoms with Crippen LogP contribution in [0, 0.1) is 11.8 Å². The van der Waals surface area contributed by atoms with Crippen molar-refractivity contribution >= 4 is 17.9 Å². The number of rotatable bonds is 11. The van der Waals surface area contributed by atoms with E-state index in [2.05, 4.69) is 10.6 Å². The fourth-order valence-corrected chi connectivity index (χ4v) is 4.11. The number of amides is 3. The third kappa shape index (κ3) is 8.75. The van der Waals surface area contributed by atoms with Crippen LogP contribution in [0.1, 0.15) is 85.8 Å². The minimum atomic E-state index is -0.920. The lowest BCUT2D eigenvalue weighted by atomic mass is 9.98. The highest BCUT2D eigenvalue weighted by atomic mass is 16.6. The molecule has 1 aliphatic rings. The molecule has 35 heavy (non-hydrogen) atoms. The van der Waals surface area contributed by atoms with Gasteiger partial charge in [-0.05, 0) is 69.6 Å². The first-order valence-corrected chi connectivity index (χ1v) is 12.7. The van der Waals surface area contributed by atoms with E-state index in [0.717, 1.165) is 19.3 Å². The van der Waals surface area contributed by atoms with Gasteiger partial charge in [0.25, 0.3) is 0 Å². The second-order valence-corrected chi connectivity index (χ2v) is 11.0. The van der Waals surface area contributed by atoms with Crippen molar-refractivity contribution in [3.05, 3.63) is 29.8 Å². The van der Waals surface area contributed by atoms with Gasteiger partial charge in [-0.15, -0.1) is 0 Å². The Hall–Kier alpha value is -2.77. The first-order chi connectivity index (χ1) is 16.3. The van der Waals surface area contributed by atoms with Gasteiger partial charge in [0.05, 0.1) is 0 Å². The van der Waals surface area contributed by atoms with Crippen molar-refractivity contribution in [2.45, 2.75) is 97.9 Å². The minimum absolute atomic E-state index is 0.0238. The Morgan fingerprint density at radius 3 is 2.40 bits per heavy atom. The van der Waals surface area contributed by atoms with E-state index in [0.29, 0.717) is 18.5 Å². The summed E-state index contributed by atoms with van der Waals surface area (Å²) >= 11 is 0. The molecule has 0 saturated heterocycles. The third-order valence-corrected chi connectivity index (χ3v) is 5.92. The third-order valence-electron chi connectivity index (χ3n) is 5.92. The number of carbonyl (C=O) groups is 3. The Morgan fingerprint density at radius 2 is 1.89 bits per heavy atom. The number of nitrogens with zero attached hydrogens (tertiary/aromatic N) is 1. The average molecular weight is 490 g/mol. The van der Waals surface area contributed by atoms with Crippen molar-refractivity contribution in [2.75, 3.05) is 6.54 Å². The highest BCUT2D eigenvalue weighted by molar-refractivity contribution is 5.92. The summed E-state index contributed by atoms with van der Waals surface area (Å²) in [5.74, 6) is -0.246. The number of phenolic OH excluding ortho intramolecular Hbond substituents is 1. The molecule has 1 aliphatic carbocycles. The number of benzene rings is 1. The standard InChI is InChI=1S/C27H43N3O5/c1-8-9-13-28-24(32)23(19-11-10-12-20(31)16-19)30(22-15-18(22)4)25(33)21(14-17(2)3)29-26(34)35-27(5,6)7/h10-12,16-18,21-23,31H,8-9,13-15H2,1-7H3,(H,28,32)(H,29,34). The number of aromatic hydroxyl groups is 1. The second-order valence-electron chi connectivity index (χ2n) is 11.0. The van der Waals surface area contributed by atoms with Crippen LogP contribution < -0.4 is 10.6 Å². The first-order valence-electron chi connectivity index (χ1n) is 12.7. The van der Waals surface area contributed by atoms with E-state index in [9.17, 15) is 19.5 Å². The predicted molar refractivity (Wildman–Crippen MR) is 136 cm³/mol. The van der Waals surface area contributed by atoms with E-state index < -0.39 is 23.8 Å². The summed E-state index contributed by atoms with van der Waals surface area (Å²) in [5.41, 5.74) is -0.171. The number of carbonyl (C=O) groups excluding carboxylic acids is 3. The molecule has 0 aliphatic heterocycles. The maximum Gasteiger partial charge on any atom is 0.408 e. The van der Waals surface area contributed by atoms with Crippen molar-refractivity contribution in [3.63, 3.8) is 0 Å². The topological polar surface area (TPSA) is 108 Å². The van der Waals surface area contributed by atoms with Crippen molar-refractivity contribution in [2.24, 2.45) is 11.8 Å². The van der Waals surface area contributed by atoms with Crippen LogP contribution in [-0.4, -0.2) is 52.1 Å². The van der Waals surface area contributed by atoms with Gasteiger partial charge in [-0.2, -0.15) is 0 Å². The zero-order valence-electron chi connectivity index (χ0n) is 22.3. The number of ether oxygens (including phenoxy) is 1. The molecule has 0 bridgehead atoms. The van der Waals surface area contributed by atoms with Gasteiger partial charge in [0.15, 0.2) is 0 Å². The molecule has 8 nitrogen and oxygen atoms in total. The smallest absolute Gasteiger partial charge is 0.408 e. The van der Waals surface area contributed by atoms with E-state index in [1.54, 1.807) is 37.8 Å². The van der Waals surface area contributed by atoms with Crippen molar-refractivity contribution < 1.29 is 24.2 Å². The fraction of sp³-hybridized carbons (Fsp3) is 0.667. The van der Waals surface area contributed by atoms with Crippen molar-refractivity contribution in [1.82, 2.24) is 15.5 Å². The molecule has 0 aromatic heterocycles. The monoisotopic (exact) mass is 489 g/mol. The van der Waals surface area contributed by atoms with Gasteiger partial charge in [-0.3, -0.25) is 9.59 Å². The lowest BCUT2D eigenvalue weighted by Gasteiger charge is -2.35. The molecule has 2 rings (SSSR count). The lowest BCUT2D eigenvalue weighted by Crippen LogP contribution is -2.54. The van der Waals surface area contributed by atoms with Gasteiger partial charge in [0.1, 0.15) is 23.4 Å². The zero-order chi connectivity index (χ0) is 26.3. The van der Waals surface area contributed by atoms with E-state index in [1.807, 2.05) is 27.7 Å². The molecule has 1 aromatic carbocycles. The van der Waals surface area contributed by atoms with Crippen LogP contribution in [0.2, 0.25) is 0 Å². The van der Waals surface area contributed by atoms with E-state index >= 15 is 0 Å². The van der Waals surface area contributed by atoms with Gasteiger partial charge in [-0.1, -0.05) is 46.2 Å². The summed E-state index contributed by atoms with van der Waals surface area (Å²) in [6.07, 6.45) is 2.25. The number of hydrogen-bond acceptors (Lipinski definition) is 5. The molecule has 3 amide bonds. The molecule has 0 radical (unpaired) electrons. The van der Waals surface area contributed by atoms with Crippen molar-refractivity contribution in [1.29, 1.82) is 0 Å². The summed E-state index contributed by atoms with van der Waals surface area (Å²) in [7, 11) is 0. The zero-order valence-corrected chi connectivity index (χ0v) is 22.3. The Balaban J connectivity index is 2.45. The van der Waals surface area contributed by atoms with Crippen molar-refractivity contribution in [3.8, 4) is 5.75 Å². The van der Waals surface area contributed by atoms with E-state index in [1.165, 1.54) is 12.1 Å². The van der Waals surface area contributed by atoms with Gasteiger partial charge >= 0.3 is 6.09 Å². The summed E-state index contributed by atoms with van der Waals surface area (Å²) in [5, 5.41) is 15.8. The molecule has 4 atom stereocenters. The molecule has 1 fully saturated rings. The highest BCUT2D eigenvalue weighted by Gasteiger charge is 2.48. The highest BCUT2D eigenvalue weighted by Crippen LogP contribution is 2.41. The van der Waals surface area contributed by atoms with Crippen LogP contribution in [0.15, 0.2) is 24.3 Å². The molecular formula is C27H43N3O5. The SMILES string of the molecule is CCCCNC(=O)C(c1cccc(O)c1)N(C(=O)C(CC(C)C)NC(=O)OC(C)(C)C)C1CC1C. The Morgan fingerprint density at radius 1 is 1.23 bits per heavy atom. The van der Waals surface area contributed by atoms with E-state index in [4.69, 9.17) is 4.74 Å². The molecule has 0 spiro atoms. The summed E-state index contributed by atoms with van der Waals surface area (Å²) in [4.78, 5) is 41.7. The lowest BCUT2D eigenvalue weighted by molar-refractivity contribution is -0.143. The molecule has 3 N–H and O–H groups in total. The number of alkyl carbamates (subject to hydrolysis) is 1. The summed E-state index contributed by atoms with van der Waals surface area (Å²) < 4.78 is 5.42. The maximum atomic E-state index is 14.1. The minimum Gasteiger partial charge on any atom is -0.508 e. The maximum absolute atomic E-state index is 14.1. The Labute approximate surface area is 209 Å². The van der Waals surface area contributed by atoms with Crippen LogP contribution in [0.4, 0.5) is 4.79 Å². The molecule has 1 aromatic rings. The summed E-state index contributed by atoms with van der Waals surface area (Å²) in [6, 6.07) is 4.57. The van der Waals surface area contributed by atoms with Gasteiger partial charge in [0.2, 0.25) is 11.8 Å². The largest absolute Gasteiger partial charge is 0.508 e. The number of hydrogen-bond donors (Lipinski definition) is 3. The summed E-state index contributed by atoms with van der Waals surface area (Å²) in [6.45, 7) is 13.8. The average Bonchev–Trinajstić information content (AvgIpc) is 3.45. The molecule has 1 saturated carbocycles. The fourth-order valence-electron chi connectivity index (χ4n) is 4.11. The van der Waals surface area contributed by atoms with Crippen LogP contribution >= 0.6 is 0 Å². The van der Waals surface area contributed by atoms with Gasteiger partial charge in [0, 0.05) is 12.6 Å². The number of unbranched alkanes of at least 4 members (excludes halogenated alkanes) is 1. The molecule has 196 valence electrons. The van der Waals surface area contributed by atoms with Crippen LogP contribution in [0.25, 0.3) is 0 Å². The molecule has 4 unspecified atom stereocenters. The predicted octanol–water partition coefficient (Wildman–Crippen LogP) is 4.53. The van der Waals surface area contributed by atoms with Crippen LogP contribution in [-0.2, 0) is 14.3 Å². The van der Waals surface area contributed by atoms with Gasteiger partial charge < -0.3 is 25.4 Å². The Kier molecular flexibility index (Phi) is 9.98. The first kappa shape index (κ1) is 28.5. The molecular weight excluding hydrogens is 446 g/mol. The number of nitrogens with one attached hydrogen (secondary N) is 2. The Bertz CT molecular complexity index is 880. The second kappa shape index (κ2) is 12.3. The van der Waals surface area contributed by atoms with Crippen LogP contribution in [0.3, 0.4) is 0 Å². The van der Waals surface area contributed by atoms with Crippen LogP contribution in [0.5, 0.6) is 5.75 Å².